The molecule has 0 aliphatic carbocycles. The van der Waals surface area contributed by atoms with Crippen molar-refractivity contribution in [3.63, 3.8) is 0 Å². The van der Waals surface area contributed by atoms with Gasteiger partial charge >= 0.3 is 77.2 Å². The van der Waals surface area contributed by atoms with Crippen molar-refractivity contribution < 1.29 is 0 Å². The van der Waals surface area contributed by atoms with E-state index in [1.165, 1.54) is 4.46 Å². The van der Waals surface area contributed by atoms with Crippen molar-refractivity contribution in [2.75, 3.05) is 5.73 Å². The Bertz CT molecular complexity index is 243. The van der Waals surface area contributed by atoms with Crippen LogP contribution in [0.15, 0.2) is 34.8 Å². The van der Waals surface area contributed by atoms with E-state index in [4.69, 9.17) is 17.3 Å². The molecular weight excluding hydrogens is 225 g/mol. The number of hydrogen-bond donors (Lipinski definition) is 1. The van der Waals surface area contributed by atoms with Crippen LogP contribution in [0.3, 0.4) is 0 Å². The van der Waals surface area contributed by atoms with Crippen LogP contribution in [0.2, 0.25) is 0 Å². The maximum absolute atomic E-state index is 5.52. The Labute approximate surface area is 77.4 Å². The maximum atomic E-state index is 5.52. The van der Waals surface area contributed by atoms with Gasteiger partial charge in [-0.1, -0.05) is 0 Å². The van der Waals surface area contributed by atoms with Crippen LogP contribution >= 0.6 is 11.6 Å². The molecular formula is C8H8ClNSe. The predicted octanol–water partition coefficient (Wildman–Crippen LogP) is 1.31. The summed E-state index contributed by atoms with van der Waals surface area (Å²) in [5, 5.41) is 0. The van der Waals surface area contributed by atoms with E-state index < -0.39 is 0 Å². The second-order valence-corrected chi connectivity index (χ2v) is 4.26. The second kappa shape index (κ2) is 4.45. The van der Waals surface area contributed by atoms with Gasteiger partial charge in [0.1, 0.15) is 0 Å². The number of benzene rings is 1. The fourth-order valence-electron chi connectivity index (χ4n) is 0.651. The van der Waals surface area contributed by atoms with Gasteiger partial charge in [-0.05, 0) is 0 Å². The quantitative estimate of drug-likeness (QED) is 0.604. The molecule has 3 heteroatoms. The third-order valence-corrected chi connectivity index (χ3v) is 3.31. The van der Waals surface area contributed by atoms with E-state index in [1.54, 1.807) is 5.54 Å². The van der Waals surface area contributed by atoms with Crippen LogP contribution in [-0.4, -0.2) is 15.0 Å². The molecule has 1 aromatic carbocycles. The molecule has 0 saturated carbocycles. The molecule has 58 valence electrons. The number of hydrogen-bond acceptors (Lipinski definition) is 1. The zero-order valence-electron chi connectivity index (χ0n) is 5.83. The third-order valence-electron chi connectivity index (χ3n) is 1.14. The zero-order chi connectivity index (χ0) is 8.10. The van der Waals surface area contributed by atoms with Gasteiger partial charge in [0.15, 0.2) is 0 Å². The first-order valence-corrected chi connectivity index (χ1v) is 5.38. The first-order valence-electron chi connectivity index (χ1n) is 3.10. The van der Waals surface area contributed by atoms with Crippen molar-refractivity contribution in [3.05, 3.63) is 34.8 Å². The van der Waals surface area contributed by atoms with Crippen LogP contribution in [0.1, 0.15) is 0 Å². The van der Waals surface area contributed by atoms with E-state index >= 15 is 0 Å². The molecule has 0 aromatic heterocycles. The van der Waals surface area contributed by atoms with Gasteiger partial charge in [0.25, 0.3) is 0 Å². The van der Waals surface area contributed by atoms with Crippen molar-refractivity contribution >= 4 is 36.7 Å². The molecule has 0 bridgehead atoms. The summed E-state index contributed by atoms with van der Waals surface area (Å²) in [5.41, 5.74) is 7.88. The summed E-state index contributed by atoms with van der Waals surface area (Å²) < 4.78 is 1.28. The van der Waals surface area contributed by atoms with Crippen LogP contribution in [0.5, 0.6) is 0 Å². The van der Waals surface area contributed by atoms with Crippen molar-refractivity contribution in [2.24, 2.45) is 0 Å². The minimum absolute atomic E-state index is 0.343. The van der Waals surface area contributed by atoms with Crippen LogP contribution in [0.25, 0.3) is 0 Å². The molecule has 0 atom stereocenters. The standard InChI is InChI=1S/C8H8ClNSe/c9-5-6-11-8-3-1-7(10)2-4-8/h1-6H,10H2/b6-5+. The molecule has 0 amide bonds. The topological polar surface area (TPSA) is 26.0 Å². The number of anilines is 1. The monoisotopic (exact) mass is 233 g/mol. The Morgan fingerprint density at radius 2 is 1.91 bits per heavy atom. The Balaban J connectivity index is 2.66. The molecule has 0 fully saturated rings. The molecule has 0 radical (unpaired) electrons. The Hall–Kier alpha value is -0.431. The van der Waals surface area contributed by atoms with E-state index in [1.807, 2.05) is 29.2 Å². The summed E-state index contributed by atoms with van der Waals surface area (Å²) in [4.78, 5) is 1.96. The van der Waals surface area contributed by atoms with Crippen molar-refractivity contribution in [3.8, 4) is 0 Å². The minimum atomic E-state index is 0.343. The molecule has 11 heavy (non-hydrogen) atoms. The Kier molecular flexibility index (Phi) is 3.50. The summed E-state index contributed by atoms with van der Waals surface area (Å²) in [5.74, 6) is 0. The van der Waals surface area contributed by atoms with E-state index in [9.17, 15) is 0 Å². The van der Waals surface area contributed by atoms with Crippen LogP contribution < -0.4 is 10.2 Å². The van der Waals surface area contributed by atoms with Crippen molar-refractivity contribution in [1.29, 1.82) is 0 Å². The number of nitrogen functional groups attached to an aromatic ring is 1. The molecule has 0 spiro atoms. The summed E-state index contributed by atoms with van der Waals surface area (Å²) in [6, 6.07) is 7.84. The summed E-state index contributed by atoms with van der Waals surface area (Å²) >= 11 is 5.74. The molecule has 0 saturated heterocycles. The van der Waals surface area contributed by atoms with Gasteiger partial charge in [-0.25, -0.2) is 0 Å². The average molecular weight is 233 g/mol. The predicted molar refractivity (Wildman–Crippen MR) is 51.2 cm³/mol. The number of halogens is 1. The van der Waals surface area contributed by atoms with Crippen LogP contribution in [0, 0.1) is 0 Å². The zero-order valence-corrected chi connectivity index (χ0v) is 8.30. The van der Waals surface area contributed by atoms with Gasteiger partial charge in [0.2, 0.25) is 0 Å². The van der Waals surface area contributed by atoms with E-state index in [-0.39, 0.29) is 0 Å². The number of rotatable bonds is 2. The second-order valence-electron chi connectivity index (χ2n) is 1.95. The molecule has 1 rings (SSSR count). The first kappa shape index (κ1) is 8.66. The Morgan fingerprint density at radius 1 is 1.27 bits per heavy atom. The van der Waals surface area contributed by atoms with Gasteiger partial charge in [0.05, 0.1) is 0 Å². The van der Waals surface area contributed by atoms with E-state index in [0.717, 1.165) is 5.69 Å². The normalized spacial score (nSPS) is 10.6. The van der Waals surface area contributed by atoms with Gasteiger partial charge in [0, 0.05) is 0 Å². The molecule has 2 N–H and O–H groups in total. The van der Waals surface area contributed by atoms with E-state index in [2.05, 4.69) is 0 Å². The average Bonchev–Trinajstić information content (AvgIpc) is 2.04. The molecule has 0 aliphatic heterocycles. The van der Waals surface area contributed by atoms with Crippen LogP contribution in [0.4, 0.5) is 5.69 Å². The molecule has 0 heterocycles. The first-order chi connectivity index (χ1) is 5.33. The van der Waals surface area contributed by atoms with Gasteiger partial charge in [-0.3, -0.25) is 0 Å². The SMILES string of the molecule is Nc1ccc([Se]/C=C/Cl)cc1. The van der Waals surface area contributed by atoms with Gasteiger partial charge < -0.3 is 0 Å². The fraction of sp³-hybridized carbons (Fsp3) is 0. The molecule has 1 aromatic rings. The third kappa shape index (κ3) is 2.98. The van der Waals surface area contributed by atoms with Gasteiger partial charge in [-0.15, -0.1) is 0 Å². The summed E-state index contributed by atoms with van der Waals surface area (Å²) in [6.45, 7) is 0. The summed E-state index contributed by atoms with van der Waals surface area (Å²) in [6.07, 6.45) is 0. The molecule has 0 unspecified atom stereocenters. The van der Waals surface area contributed by atoms with Gasteiger partial charge in [-0.2, -0.15) is 0 Å². The number of nitrogens with two attached hydrogens (primary N) is 1. The van der Waals surface area contributed by atoms with Crippen LogP contribution in [-0.2, 0) is 0 Å². The Morgan fingerprint density at radius 3 is 2.45 bits per heavy atom. The van der Waals surface area contributed by atoms with Crippen molar-refractivity contribution in [2.45, 2.75) is 0 Å². The van der Waals surface area contributed by atoms with Crippen molar-refractivity contribution in [1.82, 2.24) is 0 Å². The summed E-state index contributed by atoms with van der Waals surface area (Å²) in [7, 11) is 0. The molecule has 1 nitrogen and oxygen atoms in total. The molecule has 0 aliphatic rings. The van der Waals surface area contributed by atoms with E-state index in [0.29, 0.717) is 15.0 Å². The fourth-order valence-corrected chi connectivity index (χ4v) is 1.97.